The molecule has 2 N–H and O–H groups in total. The van der Waals surface area contributed by atoms with Gasteiger partial charge in [-0.25, -0.2) is 9.97 Å². The third-order valence-corrected chi connectivity index (χ3v) is 5.57. The molecule has 3 heterocycles. The van der Waals surface area contributed by atoms with Gasteiger partial charge in [-0.05, 0) is 38.0 Å². The van der Waals surface area contributed by atoms with Gasteiger partial charge in [-0.3, -0.25) is 9.89 Å². The van der Waals surface area contributed by atoms with Gasteiger partial charge >= 0.3 is 0 Å². The number of carbonyl (C=O) groups excluding carboxylic acids is 1. The van der Waals surface area contributed by atoms with E-state index in [0.717, 1.165) is 41.1 Å². The van der Waals surface area contributed by atoms with Crippen molar-refractivity contribution in [2.75, 3.05) is 13.1 Å². The molecule has 0 bridgehead atoms. The van der Waals surface area contributed by atoms with E-state index in [0.29, 0.717) is 18.1 Å². The Hall–Kier alpha value is -2.77. The molecule has 1 atom stereocenters. The van der Waals surface area contributed by atoms with Crippen molar-refractivity contribution in [2.45, 2.75) is 31.8 Å². The topological polar surface area (TPSA) is 95.0 Å². The molecule has 150 valence electrons. The highest BCUT2D eigenvalue weighted by atomic mass is 35.5. The molecule has 0 aliphatic carbocycles. The number of carbonyl (C=O) groups is 1. The number of piperidine rings is 1. The highest BCUT2D eigenvalue weighted by molar-refractivity contribution is 6.30. The molecular formula is C21H22ClN5O2. The molecule has 1 amide bonds. The zero-order valence-electron chi connectivity index (χ0n) is 16.0. The summed E-state index contributed by atoms with van der Waals surface area (Å²) in [7, 11) is 0. The standard InChI is InChI=1S/C21H22ClN5O2/c1-13(28)21(29)27-10-7-15(8-11-27)20-18(17-6-9-23-12-24-17)19(25-26-20)14-2-4-16(22)5-3-14/h2-6,9,12-13,15,28H,7-8,10-11H2,1H3,(H,25,26)/t13-/m1/s1. The van der Waals surface area contributed by atoms with E-state index >= 15 is 0 Å². The normalized spacial score (nSPS) is 16.0. The first-order chi connectivity index (χ1) is 14.0. The maximum absolute atomic E-state index is 12.1. The van der Waals surface area contributed by atoms with Crippen LogP contribution in [0.3, 0.4) is 0 Å². The summed E-state index contributed by atoms with van der Waals surface area (Å²) in [5.74, 6) is -0.00231. The highest BCUT2D eigenvalue weighted by Gasteiger charge is 2.30. The number of halogens is 1. The summed E-state index contributed by atoms with van der Waals surface area (Å²) in [6, 6.07) is 9.44. The lowest BCUT2D eigenvalue weighted by Gasteiger charge is -2.32. The van der Waals surface area contributed by atoms with E-state index in [1.165, 1.54) is 13.3 Å². The molecule has 7 nitrogen and oxygen atoms in total. The van der Waals surface area contributed by atoms with Gasteiger partial charge in [-0.2, -0.15) is 5.10 Å². The lowest BCUT2D eigenvalue weighted by molar-refractivity contribution is -0.140. The molecule has 0 radical (unpaired) electrons. The van der Waals surface area contributed by atoms with Gasteiger partial charge in [-0.15, -0.1) is 0 Å². The van der Waals surface area contributed by atoms with E-state index < -0.39 is 6.10 Å². The van der Waals surface area contributed by atoms with Crippen LogP contribution in [0.1, 0.15) is 31.4 Å². The summed E-state index contributed by atoms with van der Waals surface area (Å²) in [5.41, 5.74) is 4.54. The predicted molar refractivity (Wildman–Crippen MR) is 110 cm³/mol. The second-order valence-corrected chi connectivity index (χ2v) is 7.67. The SMILES string of the molecule is C[C@@H](O)C(=O)N1CCC(c2[nH]nc(-c3ccc(Cl)cc3)c2-c2ccncn2)CC1. The van der Waals surface area contributed by atoms with Crippen molar-refractivity contribution >= 4 is 17.5 Å². The van der Waals surface area contributed by atoms with Crippen LogP contribution in [0, 0.1) is 0 Å². The van der Waals surface area contributed by atoms with Gasteiger partial charge in [0.2, 0.25) is 0 Å². The Labute approximate surface area is 173 Å². The summed E-state index contributed by atoms with van der Waals surface area (Å²) in [6.45, 7) is 2.72. The van der Waals surface area contributed by atoms with Gasteiger partial charge in [0.15, 0.2) is 0 Å². The molecule has 1 saturated heterocycles. The molecule has 8 heteroatoms. The number of benzene rings is 1. The van der Waals surface area contributed by atoms with Gasteiger partial charge < -0.3 is 10.0 Å². The lowest BCUT2D eigenvalue weighted by atomic mass is 9.88. The number of aliphatic hydroxyl groups excluding tert-OH is 1. The molecule has 2 aromatic heterocycles. The van der Waals surface area contributed by atoms with E-state index in [2.05, 4.69) is 20.2 Å². The van der Waals surface area contributed by atoms with Crippen molar-refractivity contribution < 1.29 is 9.90 Å². The number of rotatable bonds is 4. The van der Waals surface area contributed by atoms with Crippen LogP contribution in [-0.4, -0.2) is 55.3 Å². The first-order valence-electron chi connectivity index (χ1n) is 9.62. The molecule has 0 unspecified atom stereocenters. The fraction of sp³-hybridized carbons (Fsp3) is 0.333. The number of hydrogen-bond acceptors (Lipinski definition) is 5. The summed E-state index contributed by atoms with van der Waals surface area (Å²) < 4.78 is 0. The van der Waals surface area contributed by atoms with Gasteiger partial charge in [0.05, 0.1) is 5.69 Å². The van der Waals surface area contributed by atoms with Crippen molar-refractivity contribution in [2.24, 2.45) is 0 Å². The molecule has 4 rings (SSSR count). The molecule has 0 spiro atoms. The first kappa shape index (κ1) is 19.5. The molecule has 1 aliphatic rings. The minimum Gasteiger partial charge on any atom is -0.384 e. The summed E-state index contributed by atoms with van der Waals surface area (Å²) in [6.07, 6.45) is 3.86. The van der Waals surface area contributed by atoms with Crippen LogP contribution >= 0.6 is 11.6 Å². The third-order valence-electron chi connectivity index (χ3n) is 5.32. The Morgan fingerprint density at radius 1 is 1.24 bits per heavy atom. The number of nitrogens with one attached hydrogen (secondary N) is 1. The molecule has 1 fully saturated rings. The summed E-state index contributed by atoms with van der Waals surface area (Å²) in [4.78, 5) is 22.3. The number of likely N-dealkylation sites (tertiary alicyclic amines) is 1. The average Bonchev–Trinajstić information content (AvgIpc) is 3.19. The number of nitrogens with zero attached hydrogens (tertiary/aromatic N) is 4. The average molecular weight is 412 g/mol. The second-order valence-electron chi connectivity index (χ2n) is 7.24. The number of aliphatic hydroxyl groups is 1. The minimum atomic E-state index is -0.966. The van der Waals surface area contributed by atoms with Crippen molar-refractivity contribution in [1.82, 2.24) is 25.1 Å². The number of aromatic amines is 1. The van der Waals surface area contributed by atoms with Crippen LogP contribution in [-0.2, 0) is 4.79 Å². The van der Waals surface area contributed by atoms with Gasteiger partial charge in [0.25, 0.3) is 5.91 Å². The van der Waals surface area contributed by atoms with E-state index in [4.69, 9.17) is 11.6 Å². The largest absolute Gasteiger partial charge is 0.384 e. The Kier molecular flexibility index (Phi) is 5.60. The molecular weight excluding hydrogens is 390 g/mol. The van der Waals surface area contributed by atoms with Crippen LogP contribution in [0.5, 0.6) is 0 Å². The van der Waals surface area contributed by atoms with Gasteiger partial charge in [0, 0.05) is 47.0 Å². The Morgan fingerprint density at radius 2 is 1.97 bits per heavy atom. The number of aromatic nitrogens is 4. The van der Waals surface area contributed by atoms with E-state index in [-0.39, 0.29) is 11.8 Å². The van der Waals surface area contributed by atoms with E-state index in [1.807, 2.05) is 30.3 Å². The second kappa shape index (κ2) is 8.31. The maximum atomic E-state index is 12.1. The smallest absolute Gasteiger partial charge is 0.251 e. The Bertz CT molecular complexity index is 980. The number of H-pyrrole nitrogens is 1. The molecule has 0 saturated carbocycles. The van der Waals surface area contributed by atoms with Crippen LogP contribution < -0.4 is 0 Å². The molecule has 29 heavy (non-hydrogen) atoms. The molecule has 3 aromatic rings. The number of hydrogen-bond donors (Lipinski definition) is 2. The highest BCUT2D eigenvalue weighted by Crippen LogP contribution is 2.39. The Balaban J connectivity index is 1.68. The quantitative estimate of drug-likeness (QED) is 0.687. The van der Waals surface area contributed by atoms with E-state index in [9.17, 15) is 9.90 Å². The monoisotopic (exact) mass is 411 g/mol. The van der Waals surface area contributed by atoms with Crippen molar-refractivity contribution in [3.05, 3.63) is 53.6 Å². The molecule has 1 aliphatic heterocycles. The Morgan fingerprint density at radius 3 is 2.59 bits per heavy atom. The van der Waals surface area contributed by atoms with Gasteiger partial charge in [0.1, 0.15) is 18.1 Å². The lowest BCUT2D eigenvalue weighted by Crippen LogP contribution is -2.42. The van der Waals surface area contributed by atoms with Crippen molar-refractivity contribution in [3.63, 3.8) is 0 Å². The fourth-order valence-corrected chi connectivity index (χ4v) is 3.94. The first-order valence-corrected chi connectivity index (χ1v) is 10.00. The zero-order valence-corrected chi connectivity index (χ0v) is 16.8. The predicted octanol–water partition coefficient (Wildman–Crippen LogP) is 3.27. The van der Waals surface area contributed by atoms with Crippen LogP contribution in [0.25, 0.3) is 22.5 Å². The van der Waals surface area contributed by atoms with Crippen molar-refractivity contribution in [1.29, 1.82) is 0 Å². The van der Waals surface area contributed by atoms with E-state index in [1.54, 1.807) is 11.1 Å². The van der Waals surface area contributed by atoms with Gasteiger partial charge in [-0.1, -0.05) is 23.7 Å². The van der Waals surface area contributed by atoms with Crippen LogP contribution in [0.2, 0.25) is 5.02 Å². The fourth-order valence-electron chi connectivity index (χ4n) is 3.82. The minimum absolute atomic E-state index is 0.214. The summed E-state index contributed by atoms with van der Waals surface area (Å²) in [5, 5.41) is 18.1. The third kappa shape index (κ3) is 4.02. The van der Waals surface area contributed by atoms with Crippen molar-refractivity contribution in [3.8, 4) is 22.5 Å². The van der Waals surface area contributed by atoms with Crippen LogP contribution in [0.15, 0.2) is 42.9 Å². The number of amides is 1. The maximum Gasteiger partial charge on any atom is 0.251 e. The van der Waals surface area contributed by atoms with Crippen LogP contribution in [0.4, 0.5) is 0 Å². The zero-order chi connectivity index (χ0) is 20.4. The summed E-state index contributed by atoms with van der Waals surface area (Å²) >= 11 is 6.05. The molecule has 1 aromatic carbocycles.